The lowest BCUT2D eigenvalue weighted by Crippen LogP contribution is -2.25. The van der Waals surface area contributed by atoms with Gasteiger partial charge in [-0.15, -0.1) is 0 Å². The molecule has 0 aliphatic heterocycles. The van der Waals surface area contributed by atoms with Gasteiger partial charge in [0, 0.05) is 19.6 Å². The Morgan fingerprint density at radius 1 is 0.680 bits per heavy atom. The van der Waals surface area contributed by atoms with Crippen LogP contribution in [0.15, 0.2) is 84.9 Å². The molecule has 25 heavy (non-hydrogen) atoms. The minimum atomic E-state index is 0.732. The molecule has 0 radical (unpaired) electrons. The lowest BCUT2D eigenvalue weighted by molar-refractivity contribution is 0.260. The van der Waals surface area contributed by atoms with Crippen molar-refractivity contribution in [3.63, 3.8) is 0 Å². The standard InChI is InChI=1S/C23H22N2/c24-17-23-13-7-12-20(16-23)14-15-25(18-21-8-3-1-4-9-21)19-22-10-5-2-6-11-22/h1-13,16H,14-15,18-19H2. The molecule has 0 spiro atoms. The third kappa shape index (κ3) is 5.31. The van der Waals surface area contributed by atoms with Crippen molar-refractivity contribution in [2.24, 2.45) is 0 Å². The molecule has 3 rings (SSSR count). The lowest BCUT2D eigenvalue weighted by atomic mass is 10.1. The van der Waals surface area contributed by atoms with Crippen LogP contribution in [-0.2, 0) is 19.5 Å². The van der Waals surface area contributed by atoms with E-state index >= 15 is 0 Å². The average Bonchev–Trinajstić information content (AvgIpc) is 2.68. The second-order valence-electron chi connectivity index (χ2n) is 6.24. The molecule has 0 saturated carbocycles. The molecule has 0 N–H and O–H groups in total. The van der Waals surface area contributed by atoms with E-state index in [-0.39, 0.29) is 0 Å². The molecule has 0 heterocycles. The molecule has 0 aliphatic carbocycles. The number of rotatable bonds is 7. The quantitative estimate of drug-likeness (QED) is 0.623. The van der Waals surface area contributed by atoms with Gasteiger partial charge in [-0.3, -0.25) is 4.90 Å². The van der Waals surface area contributed by atoms with E-state index < -0.39 is 0 Å². The number of hydrogen-bond donors (Lipinski definition) is 0. The maximum atomic E-state index is 9.07. The van der Waals surface area contributed by atoms with Gasteiger partial charge in [0.1, 0.15) is 0 Å². The van der Waals surface area contributed by atoms with Crippen LogP contribution >= 0.6 is 0 Å². The normalized spacial score (nSPS) is 10.6. The molecule has 0 aliphatic rings. The highest BCUT2D eigenvalue weighted by Crippen LogP contribution is 2.12. The van der Waals surface area contributed by atoms with Crippen LogP contribution in [0.2, 0.25) is 0 Å². The van der Waals surface area contributed by atoms with Crippen molar-refractivity contribution in [1.29, 1.82) is 5.26 Å². The first kappa shape index (κ1) is 17.0. The minimum absolute atomic E-state index is 0.732. The van der Waals surface area contributed by atoms with Crippen molar-refractivity contribution in [3.8, 4) is 6.07 Å². The summed E-state index contributed by atoms with van der Waals surface area (Å²) in [6.07, 6.45) is 0.940. The second kappa shape index (κ2) is 8.82. The minimum Gasteiger partial charge on any atom is -0.295 e. The Bertz CT molecular complexity index is 778. The summed E-state index contributed by atoms with van der Waals surface area (Å²) >= 11 is 0. The Labute approximate surface area is 150 Å². The van der Waals surface area contributed by atoms with Gasteiger partial charge in [0.15, 0.2) is 0 Å². The molecule has 0 saturated heterocycles. The molecule has 3 aromatic carbocycles. The fourth-order valence-corrected chi connectivity index (χ4v) is 2.98. The van der Waals surface area contributed by atoms with E-state index in [2.05, 4.69) is 77.7 Å². The Balaban J connectivity index is 1.70. The summed E-state index contributed by atoms with van der Waals surface area (Å²) in [6.45, 7) is 2.81. The highest BCUT2D eigenvalue weighted by molar-refractivity contribution is 5.32. The van der Waals surface area contributed by atoms with Crippen LogP contribution in [0.25, 0.3) is 0 Å². The third-order valence-corrected chi connectivity index (χ3v) is 4.27. The van der Waals surface area contributed by atoms with Gasteiger partial charge in [-0.05, 0) is 35.2 Å². The zero-order valence-electron chi connectivity index (χ0n) is 14.3. The van der Waals surface area contributed by atoms with Crippen LogP contribution in [0.3, 0.4) is 0 Å². The molecule has 0 fully saturated rings. The van der Waals surface area contributed by atoms with E-state index in [9.17, 15) is 0 Å². The SMILES string of the molecule is N#Cc1cccc(CCN(Cc2ccccc2)Cc2ccccc2)c1. The van der Waals surface area contributed by atoms with Gasteiger partial charge in [0.05, 0.1) is 11.6 Å². The Hall–Kier alpha value is -2.89. The Morgan fingerprint density at radius 3 is 1.80 bits per heavy atom. The molecular formula is C23H22N2. The summed E-state index contributed by atoms with van der Waals surface area (Å²) < 4.78 is 0. The number of hydrogen-bond acceptors (Lipinski definition) is 2. The van der Waals surface area contributed by atoms with Crippen LogP contribution in [0.5, 0.6) is 0 Å². The summed E-state index contributed by atoms with van der Waals surface area (Å²) in [5, 5.41) is 9.07. The molecule has 2 nitrogen and oxygen atoms in total. The van der Waals surface area contributed by atoms with Gasteiger partial charge in [-0.1, -0.05) is 72.8 Å². The van der Waals surface area contributed by atoms with Gasteiger partial charge in [0.2, 0.25) is 0 Å². The van der Waals surface area contributed by atoms with E-state index in [1.54, 1.807) is 0 Å². The average molecular weight is 326 g/mol. The number of nitriles is 1. The smallest absolute Gasteiger partial charge is 0.0991 e. The Morgan fingerprint density at radius 2 is 1.24 bits per heavy atom. The molecule has 0 unspecified atom stereocenters. The van der Waals surface area contributed by atoms with E-state index in [1.165, 1.54) is 16.7 Å². The van der Waals surface area contributed by atoms with Gasteiger partial charge in [-0.25, -0.2) is 0 Å². The van der Waals surface area contributed by atoms with E-state index in [0.29, 0.717) is 0 Å². The van der Waals surface area contributed by atoms with Crippen LogP contribution in [0.4, 0.5) is 0 Å². The van der Waals surface area contributed by atoms with Crippen molar-refractivity contribution in [2.75, 3.05) is 6.54 Å². The van der Waals surface area contributed by atoms with E-state index in [1.807, 2.05) is 18.2 Å². The maximum absolute atomic E-state index is 9.07. The van der Waals surface area contributed by atoms with Crippen molar-refractivity contribution in [2.45, 2.75) is 19.5 Å². The first-order valence-electron chi connectivity index (χ1n) is 8.63. The molecule has 3 aromatic rings. The Kier molecular flexibility index (Phi) is 5.98. The molecular weight excluding hydrogens is 304 g/mol. The number of nitrogens with zero attached hydrogens (tertiary/aromatic N) is 2. The first-order chi connectivity index (χ1) is 12.3. The zero-order valence-corrected chi connectivity index (χ0v) is 14.3. The van der Waals surface area contributed by atoms with E-state index in [0.717, 1.165) is 31.6 Å². The maximum Gasteiger partial charge on any atom is 0.0991 e. The highest BCUT2D eigenvalue weighted by atomic mass is 15.1. The van der Waals surface area contributed by atoms with Gasteiger partial charge in [-0.2, -0.15) is 5.26 Å². The molecule has 0 aromatic heterocycles. The lowest BCUT2D eigenvalue weighted by Gasteiger charge is -2.23. The van der Waals surface area contributed by atoms with Gasteiger partial charge < -0.3 is 0 Å². The van der Waals surface area contributed by atoms with Crippen LogP contribution < -0.4 is 0 Å². The van der Waals surface area contributed by atoms with E-state index in [4.69, 9.17) is 5.26 Å². The van der Waals surface area contributed by atoms with Crippen molar-refractivity contribution < 1.29 is 0 Å². The largest absolute Gasteiger partial charge is 0.295 e. The summed E-state index contributed by atoms with van der Waals surface area (Å²) in [7, 11) is 0. The fraction of sp³-hybridized carbons (Fsp3) is 0.174. The van der Waals surface area contributed by atoms with Crippen molar-refractivity contribution in [1.82, 2.24) is 4.90 Å². The molecule has 0 amide bonds. The zero-order chi connectivity index (χ0) is 17.3. The summed E-state index contributed by atoms with van der Waals surface area (Å²) in [5.41, 5.74) is 4.59. The predicted molar refractivity (Wildman–Crippen MR) is 102 cm³/mol. The topological polar surface area (TPSA) is 27.0 Å². The number of benzene rings is 3. The highest BCUT2D eigenvalue weighted by Gasteiger charge is 2.08. The molecule has 0 bridgehead atoms. The van der Waals surface area contributed by atoms with Crippen molar-refractivity contribution in [3.05, 3.63) is 107 Å². The molecule has 124 valence electrons. The third-order valence-electron chi connectivity index (χ3n) is 4.27. The second-order valence-corrected chi connectivity index (χ2v) is 6.24. The van der Waals surface area contributed by atoms with Crippen LogP contribution in [0, 0.1) is 11.3 Å². The summed E-state index contributed by atoms with van der Waals surface area (Å²) in [6, 6.07) is 31.3. The van der Waals surface area contributed by atoms with Gasteiger partial charge >= 0.3 is 0 Å². The van der Waals surface area contributed by atoms with Gasteiger partial charge in [0.25, 0.3) is 0 Å². The summed E-state index contributed by atoms with van der Waals surface area (Å²) in [5.74, 6) is 0. The fourth-order valence-electron chi connectivity index (χ4n) is 2.98. The first-order valence-corrected chi connectivity index (χ1v) is 8.63. The van der Waals surface area contributed by atoms with Crippen LogP contribution in [-0.4, -0.2) is 11.4 Å². The molecule has 0 atom stereocenters. The van der Waals surface area contributed by atoms with Crippen LogP contribution in [0.1, 0.15) is 22.3 Å². The molecule has 2 heteroatoms. The summed E-state index contributed by atoms with van der Waals surface area (Å²) in [4.78, 5) is 2.46. The monoisotopic (exact) mass is 326 g/mol. The predicted octanol–water partition coefficient (Wildman–Crippen LogP) is 4.80. The van der Waals surface area contributed by atoms with Crippen molar-refractivity contribution >= 4 is 0 Å².